The van der Waals surface area contributed by atoms with E-state index in [1.807, 2.05) is 48.5 Å². The summed E-state index contributed by atoms with van der Waals surface area (Å²) in [6, 6.07) is 15.5. The zero-order valence-corrected chi connectivity index (χ0v) is 22.1. The van der Waals surface area contributed by atoms with E-state index in [0.717, 1.165) is 48.3 Å². The minimum absolute atomic E-state index is 0.0129. The number of amides is 2. The zero-order valence-electron chi connectivity index (χ0n) is 22.1. The lowest BCUT2D eigenvalue weighted by Crippen LogP contribution is -2.32. The second-order valence-electron chi connectivity index (χ2n) is 8.85. The van der Waals surface area contributed by atoms with Crippen LogP contribution in [-0.2, 0) is 22.6 Å². The molecule has 0 saturated carbocycles. The molecule has 2 rings (SSSR count). The van der Waals surface area contributed by atoms with E-state index in [9.17, 15) is 9.59 Å². The third-order valence-corrected chi connectivity index (χ3v) is 5.67. The predicted molar refractivity (Wildman–Crippen MR) is 142 cm³/mol. The third kappa shape index (κ3) is 11.5. The van der Waals surface area contributed by atoms with E-state index in [0.29, 0.717) is 45.6 Å². The fourth-order valence-corrected chi connectivity index (χ4v) is 3.40. The predicted octanol–water partition coefficient (Wildman–Crippen LogP) is 5.75. The molecule has 0 aliphatic carbocycles. The van der Waals surface area contributed by atoms with Crippen molar-refractivity contribution in [2.45, 2.75) is 65.4 Å². The van der Waals surface area contributed by atoms with Crippen molar-refractivity contribution in [1.82, 2.24) is 10.2 Å². The molecule has 0 aromatic heterocycles. The topological polar surface area (TPSA) is 77.1 Å². The molecule has 7 nitrogen and oxygen atoms in total. The summed E-state index contributed by atoms with van der Waals surface area (Å²) in [7, 11) is 1.70. The van der Waals surface area contributed by atoms with Crippen LogP contribution in [0.25, 0.3) is 0 Å². The Morgan fingerprint density at radius 1 is 0.861 bits per heavy atom. The molecular formula is C29H42N2O5. The Labute approximate surface area is 216 Å². The zero-order chi connectivity index (χ0) is 26.0. The standard InChI is InChI=1S/C29H42N2O5/c1-4-6-20-34-26-16-14-24(22-27(26)35-21-7-5-2)15-17-28(32)30-18-11-19-31(3)29(33)36-23-25-12-9-8-10-13-25/h8-10,12-14,16,22H,4-7,11,15,17-21,23H2,1-3H3,(H,30,32). The Kier molecular flexibility index (Phi) is 13.9. The third-order valence-electron chi connectivity index (χ3n) is 5.67. The maximum Gasteiger partial charge on any atom is 0.409 e. The normalized spacial score (nSPS) is 10.5. The summed E-state index contributed by atoms with van der Waals surface area (Å²) in [6.45, 7) is 6.85. The number of benzene rings is 2. The van der Waals surface area contributed by atoms with Crippen molar-refractivity contribution in [3.8, 4) is 11.5 Å². The lowest BCUT2D eigenvalue weighted by atomic mass is 10.1. The van der Waals surface area contributed by atoms with Gasteiger partial charge in [0.2, 0.25) is 5.91 Å². The molecule has 0 bridgehead atoms. The molecule has 0 saturated heterocycles. The lowest BCUT2D eigenvalue weighted by Gasteiger charge is -2.17. The number of ether oxygens (including phenoxy) is 3. The van der Waals surface area contributed by atoms with Crippen molar-refractivity contribution < 1.29 is 23.8 Å². The molecule has 0 aliphatic heterocycles. The molecule has 7 heteroatoms. The van der Waals surface area contributed by atoms with Crippen LogP contribution in [0.4, 0.5) is 4.79 Å². The Morgan fingerprint density at radius 2 is 1.56 bits per heavy atom. The summed E-state index contributed by atoms with van der Waals surface area (Å²) >= 11 is 0. The molecule has 1 N–H and O–H groups in total. The highest BCUT2D eigenvalue weighted by Gasteiger charge is 2.11. The van der Waals surface area contributed by atoms with Crippen LogP contribution in [0.1, 0.15) is 63.5 Å². The van der Waals surface area contributed by atoms with Gasteiger partial charge < -0.3 is 24.4 Å². The molecular weight excluding hydrogens is 456 g/mol. The van der Waals surface area contributed by atoms with Crippen LogP contribution in [0.3, 0.4) is 0 Å². The van der Waals surface area contributed by atoms with Crippen molar-refractivity contribution >= 4 is 12.0 Å². The van der Waals surface area contributed by atoms with Gasteiger partial charge in [0.1, 0.15) is 6.61 Å². The van der Waals surface area contributed by atoms with Gasteiger partial charge in [-0.3, -0.25) is 4.79 Å². The molecule has 2 aromatic rings. The number of hydrogen-bond acceptors (Lipinski definition) is 5. The Balaban J connectivity index is 1.69. The minimum atomic E-state index is -0.371. The van der Waals surface area contributed by atoms with Gasteiger partial charge in [0.25, 0.3) is 0 Å². The number of rotatable bonds is 17. The second kappa shape index (κ2) is 17.2. The van der Waals surface area contributed by atoms with Crippen molar-refractivity contribution in [3.63, 3.8) is 0 Å². The molecule has 0 radical (unpaired) electrons. The van der Waals surface area contributed by atoms with E-state index in [2.05, 4.69) is 19.2 Å². The van der Waals surface area contributed by atoms with E-state index < -0.39 is 0 Å². The van der Waals surface area contributed by atoms with Gasteiger partial charge in [-0.25, -0.2) is 4.79 Å². The maximum absolute atomic E-state index is 12.3. The molecule has 0 heterocycles. The van der Waals surface area contributed by atoms with Gasteiger partial charge in [0.05, 0.1) is 13.2 Å². The number of carbonyl (C=O) groups excluding carboxylic acids is 2. The van der Waals surface area contributed by atoms with Crippen molar-refractivity contribution in [1.29, 1.82) is 0 Å². The van der Waals surface area contributed by atoms with Gasteiger partial charge >= 0.3 is 6.09 Å². The summed E-state index contributed by atoms with van der Waals surface area (Å²) in [5.41, 5.74) is 1.99. The quantitative estimate of drug-likeness (QED) is 0.281. The van der Waals surface area contributed by atoms with Crippen LogP contribution in [0.15, 0.2) is 48.5 Å². The molecule has 36 heavy (non-hydrogen) atoms. The van der Waals surface area contributed by atoms with Crippen molar-refractivity contribution in [2.24, 2.45) is 0 Å². The summed E-state index contributed by atoms with van der Waals surface area (Å²) in [5.74, 6) is 1.50. The summed E-state index contributed by atoms with van der Waals surface area (Å²) in [5, 5.41) is 2.93. The first-order chi connectivity index (χ1) is 17.5. The van der Waals surface area contributed by atoms with Crippen LogP contribution in [0.5, 0.6) is 11.5 Å². The van der Waals surface area contributed by atoms with Gasteiger partial charge in [-0.2, -0.15) is 0 Å². The molecule has 0 spiro atoms. The summed E-state index contributed by atoms with van der Waals surface area (Å²) in [6.07, 6.45) is 5.43. The van der Waals surface area contributed by atoms with Crippen LogP contribution in [-0.4, -0.2) is 50.3 Å². The maximum atomic E-state index is 12.3. The largest absolute Gasteiger partial charge is 0.490 e. The first kappa shape index (κ1) is 29.0. The monoisotopic (exact) mass is 498 g/mol. The Hall–Kier alpha value is -3.22. The van der Waals surface area contributed by atoms with Gasteiger partial charge in [-0.05, 0) is 48.9 Å². The number of carbonyl (C=O) groups is 2. The first-order valence-electron chi connectivity index (χ1n) is 13.1. The fraction of sp³-hybridized carbons (Fsp3) is 0.517. The summed E-state index contributed by atoms with van der Waals surface area (Å²) in [4.78, 5) is 26.0. The number of aryl methyl sites for hydroxylation is 1. The van der Waals surface area contributed by atoms with Gasteiger partial charge in [-0.1, -0.05) is 63.1 Å². The van der Waals surface area contributed by atoms with E-state index in [4.69, 9.17) is 14.2 Å². The highest BCUT2D eigenvalue weighted by molar-refractivity contribution is 5.76. The second-order valence-corrected chi connectivity index (χ2v) is 8.85. The van der Waals surface area contributed by atoms with E-state index >= 15 is 0 Å². The van der Waals surface area contributed by atoms with E-state index in [-0.39, 0.29) is 18.6 Å². The number of unbranched alkanes of at least 4 members (excludes halogenated alkanes) is 2. The highest BCUT2D eigenvalue weighted by Crippen LogP contribution is 2.29. The first-order valence-corrected chi connectivity index (χ1v) is 13.1. The van der Waals surface area contributed by atoms with Gasteiger partial charge in [0, 0.05) is 26.6 Å². The Bertz CT molecular complexity index is 904. The number of hydrogen-bond donors (Lipinski definition) is 1. The SMILES string of the molecule is CCCCOc1ccc(CCC(=O)NCCCN(C)C(=O)OCc2ccccc2)cc1OCCCC. The molecule has 2 aromatic carbocycles. The van der Waals surface area contributed by atoms with Crippen LogP contribution >= 0.6 is 0 Å². The van der Waals surface area contributed by atoms with Gasteiger partial charge in [-0.15, -0.1) is 0 Å². The number of nitrogens with zero attached hydrogens (tertiary/aromatic N) is 1. The van der Waals surface area contributed by atoms with Crippen LogP contribution in [0, 0.1) is 0 Å². The van der Waals surface area contributed by atoms with Crippen molar-refractivity contribution in [2.75, 3.05) is 33.4 Å². The molecule has 0 unspecified atom stereocenters. The highest BCUT2D eigenvalue weighted by atomic mass is 16.6. The smallest absolute Gasteiger partial charge is 0.409 e. The lowest BCUT2D eigenvalue weighted by molar-refractivity contribution is -0.121. The fourth-order valence-electron chi connectivity index (χ4n) is 3.40. The average molecular weight is 499 g/mol. The van der Waals surface area contributed by atoms with Gasteiger partial charge in [0.15, 0.2) is 11.5 Å². The van der Waals surface area contributed by atoms with Crippen molar-refractivity contribution in [3.05, 3.63) is 59.7 Å². The average Bonchev–Trinajstić information content (AvgIpc) is 2.90. The molecule has 2 amide bonds. The molecule has 198 valence electrons. The van der Waals surface area contributed by atoms with E-state index in [1.165, 1.54) is 4.90 Å². The summed E-state index contributed by atoms with van der Waals surface area (Å²) < 4.78 is 17.2. The van der Waals surface area contributed by atoms with E-state index in [1.54, 1.807) is 7.05 Å². The molecule has 0 aliphatic rings. The van der Waals surface area contributed by atoms with Crippen LogP contribution in [0.2, 0.25) is 0 Å². The number of nitrogens with one attached hydrogen (secondary N) is 1. The van der Waals surface area contributed by atoms with Crippen LogP contribution < -0.4 is 14.8 Å². The molecule has 0 atom stereocenters. The Morgan fingerprint density at radius 3 is 2.25 bits per heavy atom. The molecule has 0 fully saturated rings. The minimum Gasteiger partial charge on any atom is -0.490 e.